The van der Waals surface area contributed by atoms with Crippen molar-refractivity contribution in [2.45, 2.75) is 45.1 Å². The number of aryl methyl sites for hydroxylation is 1. The van der Waals surface area contributed by atoms with Crippen LogP contribution in [0.15, 0.2) is 94.9 Å². The van der Waals surface area contributed by atoms with E-state index < -0.39 is 26.0 Å². The molecule has 0 radical (unpaired) electrons. The Bertz CT molecular complexity index is 2240. The molecule has 0 saturated carbocycles. The summed E-state index contributed by atoms with van der Waals surface area (Å²) in [7, 11) is -8.41. The summed E-state index contributed by atoms with van der Waals surface area (Å²) in [6, 6.07) is 24.3. The SMILES string of the molecule is CCN(CC)CC.O=S(=O)([O-])CCC[n+]1c(/C=C/C=C2/Sc3ccc4ccccc4c3N2CCCS(=O)(=O)O)sc2ccc3ccccc3c21. The average Bonchev–Trinajstić information content (AvgIpc) is 3.62. The molecule has 5 aromatic rings. The van der Waals surface area contributed by atoms with Gasteiger partial charge in [-0.3, -0.25) is 4.55 Å². The second-order valence-corrected chi connectivity index (χ2v) is 17.1. The van der Waals surface area contributed by atoms with Gasteiger partial charge in [-0.25, -0.2) is 8.42 Å². The van der Waals surface area contributed by atoms with Gasteiger partial charge in [0.2, 0.25) is 5.52 Å². The Morgan fingerprint density at radius 3 is 2.12 bits per heavy atom. The molecule has 13 heteroatoms. The smallest absolute Gasteiger partial charge is 0.264 e. The highest BCUT2D eigenvalue weighted by molar-refractivity contribution is 8.03. The lowest BCUT2D eigenvalue weighted by Gasteiger charge is -2.21. The highest BCUT2D eigenvalue weighted by atomic mass is 32.2. The first-order valence-electron chi connectivity index (χ1n) is 16.7. The van der Waals surface area contributed by atoms with Crippen LogP contribution in [0.25, 0.3) is 37.8 Å². The number of fused-ring (bicyclic) bond motifs is 6. The largest absolute Gasteiger partial charge is 0.748 e. The molecule has 266 valence electrons. The van der Waals surface area contributed by atoms with Gasteiger partial charge in [-0.05, 0) is 61.1 Å². The van der Waals surface area contributed by atoms with E-state index in [1.54, 1.807) is 23.1 Å². The molecule has 0 amide bonds. The molecule has 0 atom stereocenters. The van der Waals surface area contributed by atoms with Gasteiger partial charge in [0.05, 0.1) is 32.0 Å². The molecule has 0 spiro atoms. The molecule has 1 aliphatic rings. The molecule has 1 aromatic heterocycles. The minimum absolute atomic E-state index is 0.202. The summed E-state index contributed by atoms with van der Waals surface area (Å²) in [4.78, 5) is 5.54. The molecule has 1 N–H and O–H groups in total. The van der Waals surface area contributed by atoms with Crippen molar-refractivity contribution in [1.82, 2.24) is 4.90 Å². The summed E-state index contributed by atoms with van der Waals surface area (Å²) in [6.07, 6.45) is 6.38. The minimum atomic E-state index is -4.33. The second-order valence-electron chi connectivity index (χ2n) is 11.9. The number of thiazole rings is 1. The monoisotopic (exact) mass is 753 g/mol. The first-order chi connectivity index (χ1) is 23.9. The van der Waals surface area contributed by atoms with Crippen molar-refractivity contribution in [2.24, 2.45) is 0 Å². The van der Waals surface area contributed by atoms with Crippen molar-refractivity contribution >= 4 is 86.9 Å². The van der Waals surface area contributed by atoms with E-state index in [1.807, 2.05) is 60.7 Å². The maximum absolute atomic E-state index is 11.4. The Balaban J connectivity index is 0.000000630. The molecule has 0 fully saturated rings. The third kappa shape index (κ3) is 9.52. The summed E-state index contributed by atoms with van der Waals surface area (Å²) in [6.45, 7) is 10.9. The van der Waals surface area contributed by atoms with E-state index in [2.05, 4.69) is 65.5 Å². The Morgan fingerprint density at radius 1 is 0.840 bits per heavy atom. The van der Waals surface area contributed by atoms with Gasteiger partial charge < -0.3 is 14.4 Å². The second kappa shape index (κ2) is 16.8. The lowest BCUT2D eigenvalue weighted by atomic mass is 10.1. The number of rotatable bonds is 13. The lowest BCUT2D eigenvalue weighted by molar-refractivity contribution is -0.667. The van der Waals surface area contributed by atoms with Gasteiger partial charge >= 0.3 is 0 Å². The predicted molar refractivity (Wildman–Crippen MR) is 207 cm³/mol. The molecule has 0 saturated heterocycles. The van der Waals surface area contributed by atoms with E-state index in [9.17, 15) is 25.9 Å². The number of aromatic nitrogens is 1. The summed E-state index contributed by atoms with van der Waals surface area (Å²) < 4.78 is 69.4. The van der Waals surface area contributed by atoms with E-state index in [0.29, 0.717) is 13.1 Å². The third-order valence-electron chi connectivity index (χ3n) is 8.61. The van der Waals surface area contributed by atoms with Crippen LogP contribution in [0.1, 0.15) is 38.6 Å². The number of hydrogen-bond donors (Lipinski definition) is 1. The van der Waals surface area contributed by atoms with Crippen LogP contribution in [0.5, 0.6) is 0 Å². The lowest BCUT2D eigenvalue weighted by Crippen LogP contribution is -2.36. The normalized spacial score (nSPS) is 14.4. The Hall–Kier alpha value is -3.30. The molecule has 1 aliphatic heterocycles. The maximum atomic E-state index is 11.4. The highest BCUT2D eigenvalue weighted by Crippen LogP contribution is 2.49. The zero-order chi connectivity index (χ0) is 35.9. The maximum Gasteiger partial charge on any atom is 0.264 e. The molecule has 2 heterocycles. The van der Waals surface area contributed by atoms with Gasteiger partial charge in [0.25, 0.3) is 15.1 Å². The summed E-state index contributed by atoms with van der Waals surface area (Å²) in [5, 5.41) is 6.11. The number of benzene rings is 4. The van der Waals surface area contributed by atoms with Crippen LogP contribution >= 0.6 is 23.1 Å². The number of hydrogen-bond acceptors (Lipinski definition) is 9. The van der Waals surface area contributed by atoms with E-state index in [4.69, 9.17) is 0 Å². The van der Waals surface area contributed by atoms with E-state index in [0.717, 1.165) is 52.4 Å². The molecular formula is C37H43N3O6S4. The van der Waals surface area contributed by atoms with Gasteiger partial charge in [0.1, 0.15) is 4.70 Å². The van der Waals surface area contributed by atoms with Gasteiger partial charge in [-0.1, -0.05) is 105 Å². The number of allylic oxidation sites excluding steroid dienone is 2. The van der Waals surface area contributed by atoms with Crippen LogP contribution in [-0.2, 0) is 26.8 Å². The average molecular weight is 754 g/mol. The fourth-order valence-electron chi connectivity index (χ4n) is 6.13. The van der Waals surface area contributed by atoms with E-state index >= 15 is 0 Å². The fraction of sp³-hybridized carbons (Fsp3) is 0.324. The van der Waals surface area contributed by atoms with Crippen molar-refractivity contribution in [3.05, 3.63) is 95.0 Å². The summed E-state index contributed by atoms with van der Waals surface area (Å²) >= 11 is 3.19. The van der Waals surface area contributed by atoms with Gasteiger partial charge in [-0.2, -0.15) is 13.0 Å². The Morgan fingerprint density at radius 2 is 1.48 bits per heavy atom. The summed E-state index contributed by atoms with van der Waals surface area (Å²) in [5.41, 5.74) is 2.01. The van der Waals surface area contributed by atoms with Crippen molar-refractivity contribution < 1.29 is 30.5 Å². The van der Waals surface area contributed by atoms with E-state index in [1.165, 1.54) is 19.6 Å². The molecule has 9 nitrogen and oxygen atoms in total. The number of nitrogens with zero attached hydrogens (tertiary/aromatic N) is 3. The van der Waals surface area contributed by atoms with Crippen molar-refractivity contribution in [2.75, 3.05) is 42.6 Å². The first-order valence-corrected chi connectivity index (χ1v) is 21.5. The van der Waals surface area contributed by atoms with Crippen LogP contribution in [0.4, 0.5) is 5.69 Å². The zero-order valence-corrected chi connectivity index (χ0v) is 31.8. The summed E-state index contributed by atoms with van der Waals surface area (Å²) in [5.74, 6) is -0.761. The van der Waals surface area contributed by atoms with Gasteiger partial charge in [0.15, 0.2) is 6.54 Å². The molecule has 4 aromatic carbocycles. The Kier molecular flexibility index (Phi) is 12.8. The van der Waals surface area contributed by atoms with Crippen LogP contribution in [0.3, 0.4) is 0 Å². The van der Waals surface area contributed by atoms with Gasteiger partial charge in [-0.15, -0.1) is 0 Å². The highest BCUT2D eigenvalue weighted by Gasteiger charge is 2.27. The molecule has 50 heavy (non-hydrogen) atoms. The quantitative estimate of drug-likeness (QED) is 0.0961. The van der Waals surface area contributed by atoms with Crippen molar-refractivity contribution in [3.8, 4) is 0 Å². The van der Waals surface area contributed by atoms with Crippen LogP contribution in [0.2, 0.25) is 0 Å². The third-order valence-corrected chi connectivity index (χ3v) is 12.4. The zero-order valence-electron chi connectivity index (χ0n) is 28.5. The molecular weight excluding hydrogens is 711 g/mol. The molecule has 0 aliphatic carbocycles. The molecule has 0 bridgehead atoms. The first kappa shape index (κ1) is 37.9. The number of thioether (sulfide) groups is 1. The predicted octanol–water partition coefficient (Wildman–Crippen LogP) is 7.52. The van der Waals surface area contributed by atoms with Gasteiger partial charge in [0, 0.05) is 35.1 Å². The topological polar surface area (TPSA) is 122 Å². The minimum Gasteiger partial charge on any atom is -0.748 e. The Labute approximate surface area is 303 Å². The standard InChI is InChI=1S/C31H28N2O6S4.C6H15N/c34-42(35,36)20-6-18-32-28(40-26-16-14-22-8-1-3-10-24(22)30(26)32)12-5-13-29-33(19-7-21-43(37,38)39)31-25-11-4-2-9-23(25)15-17-27(31)41-29;1-4-7(5-2)6-3/h1-5,8-17H,6-7,18-21H2,(H-,34,35,36,37,38,39);4-6H2,1-3H3. The van der Waals surface area contributed by atoms with Crippen molar-refractivity contribution in [3.63, 3.8) is 0 Å². The van der Waals surface area contributed by atoms with Crippen LogP contribution in [-0.4, -0.2) is 68.5 Å². The molecule has 0 unspecified atom stereocenters. The number of anilines is 1. The van der Waals surface area contributed by atoms with Crippen LogP contribution < -0.4 is 9.47 Å². The van der Waals surface area contributed by atoms with Crippen LogP contribution in [0, 0.1) is 0 Å². The van der Waals surface area contributed by atoms with E-state index in [-0.39, 0.29) is 18.6 Å². The molecule has 6 rings (SSSR count). The fourth-order valence-corrected chi connectivity index (χ4v) is 9.34. The van der Waals surface area contributed by atoms with Crippen molar-refractivity contribution in [1.29, 1.82) is 0 Å².